The van der Waals surface area contributed by atoms with Gasteiger partial charge in [0, 0.05) is 11.5 Å². The van der Waals surface area contributed by atoms with Crippen molar-refractivity contribution >= 4 is 5.97 Å². The summed E-state index contributed by atoms with van der Waals surface area (Å²) >= 11 is 0. The van der Waals surface area contributed by atoms with Gasteiger partial charge in [0.25, 0.3) is 0 Å². The Hall–Kier alpha value is -1.39. The van der Waals surface area contributed by atoms with Gasteiger partial charge in [-0.25, -0.2) is 4.79 Å². The van der Waals surface area contributed by atoms with Crippen molar-refractivity contribution in [2.75, 3.05) is 0 Å². The molecule has 1 aliphatic heterocycles. The number of aliphatic hydroxyl groups is 2. The van der Waals surface area contributed by atoms with Gasteiger partial charge in [-0.2, -0.15) is 0 Å². The highest BCUT2D eigenvalue weighted by atomic mass is 16.6. The molecule has 0 bridgehead atoms. The average Bonchev–Trinajstić information content (AvgIpc) is 2.81. The lowest BCUT2D eigenvalue weighted by Crippen LogP contribution is -2.38. The molecule has 5 atom stereocenters. The fourth-order valence-electron chi connectivity index (χ4n) is 3.59. The molecule has 2 aliphatic rings. The average molecular weight is 334 g/mol. The molecule has 4 heteroatoms. The summed E-state index contributed by atoms with van der Waals surface area (Å²) in [6, 6.07) is 0. The summed E-state index contributed by atoms with van der Waals surface area (Å²) in [5.74, 6) is -0.801. The minimum absolute atomic E-state index is 0.0206. The van der Waals surface area contributed by atoms with Gasteiger partial charge in [0.05, 0.1) is 12.2 Å². The zero-order valence-corrected chi connectivity index (χ0v) is 14.8. The molecular formula is C20H30O4. The van der Waals surface area contributed by atoms with Crippen LogP contribution in [0.3, 0.4) is 0 Å². The van der Waals surface area contributed by atoms with Crippen LogP contribution in [0.5, 0.6) is 0 Å². The highest BCUT2D eigenvalue weighted by Gasteiger charge is 2.44. The number of rotatable bonds is 0. The third-order valence-electron chi connectivity index (χ3n) is 5.41. The van der Waals surface area contributed by atoms with E-state index in [1.54, 1.807) is 0 Å². The SMILES string of the molecule is C=C1CCC=C(C)CCCC(C)C(O)C2OC(=O)C(=C)C2CC1O. The van der Waals surface area contributed by atoms with Crippen molar-refractivity contribution in [1.82, 2.24) is 0 Å². The molecule has 2 rings (SSSR count). The van der Waals surface area contributed by atoms with Crippen molar-refractivity contribution in [2.45, 2.75) is 70.7 Å². The normalized spacial score (nSPS) is 36.6. The maximum atomic E-state index is 11.9. The number of carbonyl (C=O) groups excluding carboxylic acids is 1. The Bertz CT molecular complexity index is 534. The smallest absolute Gasteiger partial charge is 0.334 e. The Morgan fingerprint density at radius 1 is 1.25 bits per heavy atom. The molecule has 0 amide bonds. The van der Waals surface area contributed by atoms with Crippen LogP contribution in [0.25, 0.3) is 0 Å². The molecule has 0 radical (unpaired) electrons. The van der Waals surface area contributed by atoms with E-state index in [4.69, 9.17) is 4.74 Å². The van der Waals surface area contributed by atoms with Gasteiger partial charge in [-0.15, -0.1) is 0 Å². The number of allylic oxidation sites excluding steroid dienone is 2. The number of aliphatic hydroxyl groups excluding tert-OH is 2. The predicted octanol–water partition coefficient (Wildman–Crippen LogP) is 3.30. The molecule has 1 heterocycles. The van der Waals surface area contributed by atoms with Crippen LogP contribution in [-0.4, -0.2) is 34.5 Å². The van der Waals surface area contributed by atoms with E-state index in [1.807, 2.05) is 6.92 Å². The van der Waals surface area contributed by atoms with Crippen molar-refractivity contribution in [3.63, 3.8) is 0 Å². The zero-order chi connectivity index (χ0) is 17.9. The van der Waals surface area contributed by atoms with Crippen molar-refractivity contribution < 1.29 is 19.7 Å². The summed E-state index contributed by atoms with van der Waals surface area (Å²) in [4.78, 5) is 11.9. The lowest BCUT2D eigenvalue weighted by molar-refractivity contribution is -0.146. The van der Waals surface area contributed by atoms with Crippen molar-refractivity contribution in [1.29, 1.82) is 0 Å². The van der Waals surface area contributed by atoms with Gasteiger partial charge in [-0.1, -0.05) is 31.7 Å². The molecule has 1 aliphatic carbocycles. The lowest BCUT2D eigenvalue weighted by Gasteiger charge is -2.29. The molecule has 1 saturated heterocycles. The molecule has 0 spiro atoms. The molecule has 134 valence electrons. The quantitative estimate of drug-likeness (QED) is 0.405. The van der Waals surface area contributed by atoms with E-state index in [0.29, 0.717) is 12.0 Å². The van der Waals surface area contributed by atoms with Crippen LogP contribution in [0.2, 0.25) is 0 Å². The van der Waals surface area contributed by atoms with E-state index in [2.05, 4.69) is 26.2 Å². The number of carbonyl (C=O) groups is 1. The second-order valence-corrected chi connectivity index (χ2v) is 7.36. The van der Waals surface area contributed by atoms with E-state index < -0.39 is 24.3 Å². The van der Waals surface area contributed by atoms with Crippen molar-refractivity contribution in [3.05, 3.63) is 36.0 Å². The van der Waals surface area contributed by atoms with Crippen molar-refractivity contribution in [3.8, 4) is 0 Å². The Morgan fingerprint density at radius 3 is 2.67 bits per heavy atom. The first-order chi connectivity index (χ1) is 11.3. The molecule has 0 aromatic heterocycles. The molecule has 24 heavy (non-hydrogen) atoms. The summed E-state index contributed by atoms with van der Waals surface area (Å²) in [5.41, 5.74) is 2.43. The second kappa shape index (κ2) is 8.13. The van der Waals surface area contributed by atoms with Crippen LogP contribution in [0.15, 0.2) is 36.0 Å². The largest absolute Gasteiger partial charge is 0.456 e. The van der Waals surface area contributed by atoms with E-state index in [9.17, 15) is 15.0 Å². The highest BCUT2D eigenvalue weighted by molar-refractivity contribution is 5.90. The molecule has 5 unspecified atom stereocenters. The molecular weight excluding hydrogens is 304 g/mol. The molecule has 0 aromatic carbocycles. The molecule has 4 nitrogen and oxygen atoms in total. The summed E-state index contributed by atoms with van der Waals surface area (Å²) < 4.78 is 5.38. The standard InChI is InChI=1S/C20H30O4/c1-12-7-5-9-13(2)17(21)11-16-15(4)20(23)24-19(16)18(22)14(3)10-6-8-12/h7,14,16-19,21-22H,2,4-6,8-11H2,1,3H3. The van der Waals surface area contributed by atoms with E-state index in [1.165, 1.54) is 5.57 Å². The number of fused-ring (bicyclic) bond motifs is 1. The van der Waals surface area contributed by atoms with Crippen LogP contribution in [-0.2, 0) is 9.53 Å². The monoisotopic (exact) mass is 334 g/mol. The van der Waals surface area contributed by atoms with Crippen molar-refractivity contribution in [2.24, 2.45) is 11.8 Å². The van der Waals surface area contributed by atoms with Crippen LogP contribution in [0.1, 0.15) is 52.4 Å². The first-order valence-electron chi connectivity index (χ1n) is 8.90. The Labute approximate surface area is 144 Å². The van der Waals surface area contributed by atoms with E-state index in [-0.39, 0.29) is 11.8 Å². The number of esters is 1. The zero-order valence-electron chi connectivity index (χ0n) is 14.8. The predicted molar refractivity (Wildman–Crippen MR) is 94.3 cm³/mol. The van der Waals surface area contributed by atoms with Gasteiger partial charge in [0.15, 0.2) is 0 Å². The molecule has 0 aromatic rings. The first kappa shape index (κ1) is 18.9. The van der Waals surface area contributed by atoms with Gasteiger partial charge in [0.2, 0.25) is 0 Å². The third kappa shape index (κ3) is 4.37. The van der Waals surface area contributed by atoms with Gasteiger partial charge >= 0.3 is 5.97 Å². The lowest BCUT2D eigenvalue weighted by atomic mass is 9.82. The Morgan fingerprint density at radius 2 is 1.96 bits per heavy atom. The third-order valence-corrected chi connectivity index (χ3v) is 5.41. The minimum Gasteiger partial charge on any atom is -0.456 e. The van der Waals surface area contributed by atoms with E-state index >= 15 is 0 Å². The van der Waals surface area contributed by atoms with Gasteiger partial charge in [-0.05, 0) is 56.9 Å². The first-order valence-corrected chi connectivity index (χ1v) is 8.90. The molecule has 0 saturated carbocycles. The Kier molecular flexibility index (Phi) is 6.41. The number of hydrogen-bond donors (Lipinski definition) is 2. The topological polar surface area (TPSA) is 66.8 Å². The number of hydrogen-bond acceptors (Lipinski definition) is 4. The summed E-state index contributed by atoms with van der Waals surface area (Å²) in [5, 5.41) is 21.1. The fraction of sp³-hybridized carbons (Fsp3) is 0.650. The maximum Gasteiger partial charge on any atom is 0.334 e. The summed E-state index contributed by atoms with van der Waals surface area (Å²) in [6.07, 6.45) is 4.88. The van der Waals surface area contributed by atoms with Gasteiger partial charge < -0.3 is 14.9 Å². The molecule has 1 fully saturated rings. The van der Waals surface area contributed by atoms with Crippen LogP contribution in [0, 0.1) is 11.8 Å². The highest BCUT2D eigenvalue weighted by Crippen LogP contribution is 2.36. The van der Waals surface area contributed by atoms with Crippen LogP contribution < -0.4 is 0 Å². The fourth-order valence-corrected chi connectivity index (χ4v) is 3.59. The second-order valence-electron chi connectivity index (χ2n) is 7.36. The van der Waals surface area contributed by atoms with Gasteiger partial charge in [0.1, 0.15) is 6.10 Å². The summed E-state index contributed by atoms with van der Waals surface area (Å²) in [7, 11) is 0. The Balaban J connectivity index is 2.22. The van der Waals surface area contributed by atoms with E-state index in [0.717, 1.165) is 37.7 Å². The minimum atomic E-state index is -0.745. The molecule has 2 N–H and O–H groups in total. The van der Waals surface area contributed by atoms with Crippen LogP contribution in [0.4, 0.5) is 0 Å². The van der Waals surface area contributed by atoms with Gasteiger partial charge in [-0.3, -0.25) is 0 Å². The number of ether oxygens (including phenoxy) is 1. The maximum absolute atomic E-state index is 11.9. The summed E-state index contributed by atoms with van der Waals surface area (Å²) in [6.45, 7) is 11.9. The van der Waals surface area contributed by atoms with Crippen LogP contribution >= 0.6 is 0 Å².